The van der Waals surface area contributed by atoms with Gasteiger partial charge < -0.3 is 15.1 Å². The summed E-state index contributed by atoms with van der Waals surface area (Å²) in [5, 5.41) is 4.01. The molecule has 0 aliphatic carbocycles. The number of anilines is 1. The fourth-order valence-corrected chi connectivity index (χ4v) is 4.32. The molecule has 3 rings (SSSR count). The normalized spacial score (nSPS) is 19.4. The number of halogens is 2. The molecule has 0 unspecified atom stereocenters. The van der Waals surface area contributed by atoms with E-state index in [1.165, 1.54) is 38.8 Å². The first kappa shape index (κ1) is 20.3. The van der Waals surface area contributed by atoms with Crippen molar-refractivity contribution in [3.63, 3.8) is 0 Å². The largest absolute Gasteiger partial charge is 0.371 e. The van der Waals surface area contributed by atoms with Gasteiger partial charge in [0.2, 0.25) is 0 Å². The van der Waals surface area contributed by atoms with Crippen molar-refractivity contribution in [2.24, 2.45) is 11.8 Å². The van der Waals surface area contributed by atoms with E-state index in [-0.39, 0.29) is 18.3 Å². The summed E-state index contributed by atoms with van der Waals surface area (Å²) in [4.78, 5) is 16.1. The minimum absolute atomic E-state index is 0. The number of nitrogens with zero attached hydrogens (tertiary/aromatic N) is 2. The van der Waals surface area contributed by atoms with E-state index in [1.54, 1.807) is 19.0 Å². The number of amides is 1. The van der Waals surface area contributed by atoms with Crippen molar-refractivity contribution in [3.8, 4) is 0 Å². The molecule has 0 bridgehead atoms. The highest BCUT2D eigenvalue weighted by Gasteiger charge is 2.28. The van der Waals surface area contributed by atoms with E-state index in [4.69, 9.17) is 11.6 Å². The Hall–Kier alpha value is -0.970. The van der Waals surface area contributed by atoms with Crippen LogP contribution in [-0.2, 0) is 0 Å². The van der Waals surface area contributed by atoms with Crippen molar-refractivity contribution in [2.45, 2.75) is 25.7 Å². The van der Waals surface area contributed by atoms with Gasteiger partial charge in [0.25, 0.3) is 5.91 Å². The second kappa shape index (κ2) is 9.11. The van der Waals surface area contributed by atoms with Crippen LogP contribution in [0.1, 0.15) is 36.0 Å². The zero-order valence-electron chi connectivity index (χ0n) is 15.1. The third kappa shape index (κ3) is 4.81. The predicted molar refractivity (Wildman–Crippen MR) is 107 cm³/mol. The first-order valence-corrected chi connectivity index (χ1v) is 9.41. The highest BCUT2D eigenvalue weighted by Crippen LogP contribution is 2.33. The highest BCUT2D eigenvalue weighted by molar-refractivity contribution is 6.34. The first-order chi connectivity index (χ1) is 11.6. The Balaban J connectivity index is 0.00000225. The number of piperidine rings is 2. The molecule has 6 heteroatoms. The second-order valence-electron chi connectivity index (χ2n) is 7.28. The molecule has 2 aliphatic rings. The Morgan fingerprint density at radius 1 is 1.12 bits per heavy atom. The summed E-state index contributed by atoms with van der Waals surface area (Å²) in [6.07, 6.45) is 5.19. The van der Waals surface area contributed by atoms with Gasteiger partial charge >= 0.3 is 0 Å². The minimum Gasteiger partial charge on any atom is -0.371 e. The SMILES string of the molecule is CN(C)C(=O)c1ccc(N2CCC(C3CCNCC3)CC2)cc1Cl.Cl. The van der Waals surface area contributed by atoms with Gasteiger partial charge in [0.1, 0.15) is 0 Å². The van der Waals surface area contributed by atoms with Crippen molar-refractivity contribution in [2.75, 3.05) is 45.2 Å². The molecule has 2 fully saturated rings. The third-order valence-electron chi connectivity index (χ3n) is 5.54. The molecular weight excluding hydrogens is 357 g/mol. The fourth-order valence-electron chi connectivity index (χ4n) is 4.06. The molecule has 2 aliphatic heterocycles. The summed E-state index contributed by atoms with van der Waals surface area (Å²) >= 11 is 6.36. The smallest absolute Gasteiger partial charge is 0.254 e. The van der Waals surface area contributed by atoms with Gasteiger partial charge in [-0.05, 0) is 68.8 Å². The van der Waals surface area contributed by atoms with Crippen LogP contribution in [0.3, 0.4) is 0 Å². The zero-order chi connectivity index (χ0) is 17.1. The lowest BCUT2D eigenvalue weighted by Gasteiger charge is -2.38. The van der Waals surface area contributed by atoms with Crippen molar-refractivity contribution in [3.05, 3.63) is 28.8 Å². The molecule has 0 saturated carbocycles. The zero-order valence-corrected chi connectivity index (χ0v) is 16.7. The number of rotatable bonds is 3. The van der Waals surface area contributed by atoms with E-state index in [0.29, 0.717) is 10.6 Å². The number of benzene rings is 1. The number of nitrogens with one attached hydrogen (secondary N) is 1. The highest BCUT2D eigenvalue weighted by atomic mass is 35.5. The molecule has 1 aromatic carbocycles. The topological polar surface area (TPSA) is 35.6 Å². The van der Waals surface area contributed by atoms with Crippen LogP contribution in [0.5, 0.6) is 0 Å². The van der Waals surface area contributed by atoms with Crippen LogP contribution in [0.4, 0.5) is 5.69 Å². The third-order valence-corrected chi connectivity index (χ3v) is 5.86. The molecule has 0 aromatic heterocycles. The van der Waals surface area contributed by atoms with E-state index in [0.717, 1.165) is 30.6 Å². The van der Waals surface area contributed by atoms with E-state index in [9.17, 15) is 4.79 Å². The van der Waals surface area contributed by atoms with Gasteiger partial charge in [-0.25, -0.2) is 0 Å². The maximum atomic E-state index is 12.1. The maximum Gasteiger partial charge on any atom is 0.254 e. The number of carbonyl (C=O) groups is 1. The number of carbonyl (C=O) groups excluding carboxylic acids is 1. The molecule has 1 N–H and O–H groups in total. The summed E-state index contributed by atoms with van der Waals surface area (Å²) in [6.45, 7) is 4.54. The van der Waals surface area contributed by atoms with Crippen LogP contribution in [0, 0.1) is 11.8 Å². The molecule has 2 heterocycles. The first-order valence-electron chi connectivity index (χ1n) is 9.03. The molecule has 2 saturated heterocycles. The van der Waals surface area contributed by atoms with Gasteiger partial charge in [-0.1, -0.05) is 11.6 Å². The minimum atomic E-state index is -0.0452. The Morgan fingerprint density at radius 2 is 1.72 bits per heavy atom. The number of hydrogen-bond donors (Lipinski definition) is 1. The Morgan fingerprint density at radius 3 is 2.28 bits per heavy atom. The van der Waals surface area contributed by atoms with Crippen molar-refractivity contribution < 1.29 is 4.79 Å². The average molecular weight is 386 g/mol. The molecule has 0 radical (unpaired) electrons. The average Bonchev–Trinajstić information content (AvgIpc) is 2.62. The van der Waals surface area contributed by atoms with Gasteiger partial charge in [0.15, 0.2) is 0 Å². The monoisotopic (exact) mass is 385 g/mol. The van der Waals surface area contributed by atoms with Crippen molar-refractivity contribution in [1.29, 1.82) is 0 Å². The maximum absolute atomic E-state index is 12.1. The standard InChI is InChI=1S/C19H28ClN3O.ClH/c1-22(2)19(24)17-4-3-16(13-18(17)20)23-11-7-15(8-12-23)14-5-9-21-10-6-14;/h3-4,13-15,21H,5-12H2,1-2H3;1H. The quantitative estimate of drug-likeness (QED) is 0.861. The lowest BCUT2D eigenvalue weighted by atomic mass is 9.79. The van der Waals surface area contributed by atoms with Crippen LogP contribution >= 0.6 is 24.0 Å². The Bertz CT molecular complexity index is 580. The molecule has 25 heavy (non-hydrogen) atoms. The Labute approximate surface area is 162 Å². The molecule has 0 atom stereocenters. The lowest BCUT2D eigenvalue weighted by Crippen LogP contribution is -2.39. The van der Waals surface area contributed by atoms with Gasteiger partial charge in [0.05, 0.1) is 10.6 Å². The summed E-state index contributed by atoms with van der Waals surface area (Å²) in [7, 11) is 3.50. The lowest BCUT2D eigenvalue weighted by molar-refractivity contribution is 0.0828. The van der Waals surface area contributed by atoms with Crippen LogP contribution in [0.25, 0.3) is 0 Å². The summed E-state index contributed by atoms with van der Waals surface area (Å²) in [5.74, 6) is 1.72. The second-order valence-corrected chi connectivity index (χ2v) is 7.68. The molecule has 1 amide bonds. The number of hydrogen-bond acceptors (Lipinski definition) is 3. The molecule has 4 nitrogen and oxygen atoms in total. The van der Waals surface area contributed by atoms with E-state index in [2.05, 4.69) is 10.2 Å². The van der Waals surface area contributed by atoms with E-state index in [1.807, 2.05) is 18.2 Å². The van der Waals surface area contributed by atoms with Crippen molar-refractivity contribution in [1.82, 2.24) is 10.2 Å². The van der Waals surface area contributed by atoms with Crippen LogP contribution < -0.4 is 10.2 Å². The molecule has 140 valence electrons. The van der Waals surface area contributed by atoms with Crippen LogP contribution in [-0.4, -0.2) is 51.1 Å². The predicted octanol–water partition coefficient (Wildman–Crippen LogP) is 3.68. The van der Waals surface area contributed by atoms with Crippen LogP contribution in [0.2, 0.25) is 5.02 Å². The Kier molecular flexibility index (Phi) is 7.41. The van der Waals surface area contributed by atoms with Gasteiger partial charge in [-0.3, -0.25) is 4.79 Å². The van der Waals surface area contributed by atoms with E-state index >= 15 is 0 Å². The summed E-state index contributed by atoms with van der Waals surface area (Å²) in [6, 6.07) is 5.84. The molecule has 0 spiro atoms. The van der Waals surface area contributed by atoms with Crippen molar-refractivity contribution >= 4 is 35.6 Å². The fraction of sp³-hybridized carbons (Fsp3) is 0.632. The van der Waals surface area contributed by atoms with Gasteiger partial charge in [0, 0.05) is 32.9 Å². The van der Waals surface area contributed by atoms with Gasteiger partial charge in [-0.2, -0.15) is 0 Å². The molecule has 1 aromatic rings. The molecular formula is C19H29Cl2N3O. The summed E-state index contributed by atoms with van der Waals surface area (Å²) < 4.78 is 0. The van der Waals surface area contributed by atoms with Gasteiger partial charge in [-0.15, -0.1) is 12.4 Å². The van der Waals surface area contributed by atoms with E-state index < -0.39 is 0 Å². The summed E-state index contributed by atoms with van der Waals surface area (Å²) in [5.41, 5.74) is 1.72. The van der Waals surface area contributed by atoms with Crippen LogP contribution in [0.15, 0.2) is 18.2 Å².